The number of esters is 1. The van der Waals surface area contributed by atoms with Crippen LogP contribution in [0.5, 0.6) is 0 Å². The van der Waals surface area contributed by atoms with Gasteiger partial charge in [-0.15, -0.1) is 5.06 Å². The zero-order valence-electron chi connectivity index (χ0n) is 12.8. The van der Waals surface area contributed by atoms with Crippen molar-refractivity contribution in [1.29, 1.82) is 0 Å². The van der Waals surface area contributed by atoms with Gasteiger partial charge in [-0.2, -0.15) is 0 Å². The van der Waals surface area contributed by atoms with E-state index >= 15 is 0 Å². The lowest BCUT2D eigenvalue weighted by molar-refractivity contribution is -0.406. The molecule has 25 heavy (non-hydrogen) atoms. The molecule has 3 rings (SSSR count). The van der Waals surface area contributed by atoms with Crippen LogP contribution in [0.4, 0.5) is 0 Å². The monoisotopic (exact) mass is 412 g/mol. The molecule has 0 aliphatic carbocycles. The number of carbonyl (C=O) groups is 2. The van der Waals surface area contributed by atoms with E-state index in [1.54, 1.807) is 23.2 Å². The molecular weight excluding hydrogens is 400 g/mol. The molecule has 0 radical (unpaired) electrons. The van der Waals surface area contributed by atoms with E-state index in [1.165, 1.54) is 0 Å². The standard InChI is InChI=1S/C14H13BrN4O6/c15-10-2-1-9(5-16-10)6-17-8-12-19(11(17)7-18(22)23)25-14(21)4-3-13(20)24-12/h1-2,5,7,12H,3-4,6,8H2/b11-7-. The molecule has 2 aliphatic heterocycles. The van der Waals surface area contributed by atoms with Gasteiger partial charge in [0.15, 0.2) is 0 Å². The fraction of sp³-hybridized carbons (Fsp3) is 0.357. The lowest BCUT2D eigenvalue weighted by atomic mass is 10.2. The van der Waals surface area contributed by atoms with Crippen molar-refractivity contribution in [3.8, 4) is 0 Å². The number of fused-ring (bicyclic) bond motifs is 1. The first-order valence-corrected chi connectivity index (χ1v) is 8.12. The molecule has 0 aromatic carbocycles. The van der Waals surface area contributed by atoms with Gasteiger partial charge in [0.25, 0.3) is 6.20 Å². The van der Waals surface area contributed by atoms with Crippen molar-refractivity contribution >= 4 is 27.9 Å². The molecule has 0 saturated carbocycles. The van der Waals surface area contributed by atoms with Crippen LogP contribution in [0.1, 0.15) is 18.4 Å². The number of nitrogens with zero attached hydrogens (tertiary/aromatic N) is 4. The van der Waals surface area contributed by atoms with E-state index in [4.69, 9.17) is 9.57 Å². The van der Waals surface area contributed by atoms with E-state index in [1.807, 2.05) is 0 Å². The van der Waals surface area contributed by atoms with E-state index in [0.717, 1.165) is 16.8 Å². The Balaban J connectivity index is 1.88. The highest BCUT2D eigenvalue weighted by atomic mass is 79.9. The van der Waals surface area contributed by atoms with Gasteiger partial charge < -0.3 is 14.5 Å². The predicted octanol–water partition coefficient (Wildman–Crippen LogP) is 1.16. The second kappa shape index (κ2) is 7.05. The van der Waals surface area contributed by atoms with Gasteiger partial charge >= 0.3 is 11.9 Å². The Morgan fingerprint density at radius 3 is 2.80 bits per heavy atom. The third kappa shape index (κ3) is 4.05. The average molecular weight is 413 g/mol. The molecule has 0 bridgehead atoms. The normalized spacial score (nSPS) is 22.1. The van der Waals surface area contributed by atoms with Crippen molar-refractivity contribution in [1.82, 2.24) is 14.9 Å². The molecule has 1 unspecified atom stereocenters. The predicted molar refractivity (Wildman–Crippen MR) is 84.5 cm³/mol. The summed E-state index contributed by atoms with van der Waals surface area (Å²) in [6.45, 7) is 0.386. The second-order valence-corrected chi connectivity index (χ2v) is 6.19. The molecule has 3 heterocycles. The minimum atomic E-state index is -0.939. The Morgan fingerprint density at radius 2 is 2.12 bits per heavy atom. The van der Waals surface area contributed by atoms with Crippen LogP contribution in [0.15, 0.2) is 35.0 Å². The van der Waals surface area contributed by atoms with Gasteiger partial charge in [0, 0.05) is 12.7 Å². The van der Waals surface area contributed by atoms with Crippen LogP contribution in [0, 0.1) is 10.1 Å². The smallest absolute Gasteiger partial charge is 0.333 e. The molecule has 2 aliphatic rings. The Morgan fingerprint density at radius 1 is 1.36 bits per heavy atom. The minimum absolute atomic E-state index is 0.0287. The number of hydrogen-bond donors (Lipinski definition) is 0. The van der Waals surface area contributed by atoms with Crippen LogP contribution in [0.2, 0.25) is 0 Å². The lowest BCUT2D eigenvalue weighted by Gasteiger charge is -2.25. The van der Waals surface area contributed by atoms with Crippen LogP contribution in [-0.2, 0) is 25.7 Å². The maximum absolute atomic E-state index is 11.8. The maximum Gasteiger partial charge on any atom is 0.333 e. The summed E-state index contributed by atoms with van der Waals surface area (Å²) >= 11 is 3.23. The summed E-state index contributed by atoms with van der Waals surface area (Å²) in [4.78, 5) is 44.6. The van der Waals surface area contributed by atoms with Crippen molar-refractivity contribution in [2.24, 2.45) is 0 Å². The van der Waals surface area contributed by atoms with Crippen molar-refractivity contribution < 1.29 is 24.1 Å². The van der Waals surface area contributed by atoms with Crippen LogP contribution in [0.25, 0.3) is 0 Å². The third-order valence-corrected chi connectivity index (χ3v) is 4.04. The maximum atomic E-state index is 11.8. The number of pyridine rings is 1. The van der Waals surface area contributed by atoms with Crippen molar-refractivity contribution in [3.63, 3.8) is 0 Å². The zero-order chi connectivity index (χ0) is 18.0. The molecule has 1 atom stereocenters. The van der Waals surface area contributed by atoms with Crippen molar-refractivity contribution in [2.75, 3.05) is 6.54 Å². The fourth-order valence-corrected chi connectivity index (χ4v) is 2.74. The molecule has 132 valence electrons. The molecule has 0 spiro atoms. The van der Waals surface area contributed by atoms with Crippen molar-refractivity contribution in [3.05, 3.63) is 50.6 Å². The topological polar surface area (TPSA) is 115 Å². The summed E-state index contributed by atoms with van der Waals surface area (Å²) in [6.07, 6.45) is 1.15. The molecule has 2 saturated heterocycles. The Bertz CT molecular complexity index is 737. The largest absolute Gasteiger partial charge is 0.436 e. The second-order valence-electron chi connectivity index (χ2n) is 5.38. The fourth-order valence-electron chi connectivity index (χ4n) is 2.50. The quantitative estimate of drug-likeness (QED) is 0.312. The Labute approximate surface area is 150 Å². The molecule has 11 heteroatoms. The summed E-state index contributed by atoms with van der Waals surface area (Å²) in [5, 5.41) is 12.0. The number of carbonyl (C=O) groups excluding carboxylic acids is 2. The number of halogens is 1. The minimum Gasteiger partial charge on any atom is -0.436 e. The Kier molecular flexibility index (Phi) is 4.83. The molecule has 10 nitrogen and oxygen atoms in total. The highest BCUT2D eigenvalue weighted by Gasteiger charge is 2.42. The lowest BCUT2D eigenvalue weighted by Crippen LogP contribution is -2.38. The van der Waals surface area contributed by atoms with E-state index in [0.29, 0.717) is 4.60 Å². The van der Waals surface area contributed by atoms with Gasteiger partial charge in [0.2, 0.25) is 12.0 Å². The number of hydroxylamine groups is 2. The van der Waals surface area contributed by atoms with Crippen LogP contribution < -0.4 is 0 Å². The Hall–Kier alpha value is -2.69. The summed E-state index contributed by atoms with van der Waals surface area (Å²) in [7, 11) is 0. The van der Waals surface area contributed by atoms with E-state index in [-0.39, 0.29) is 31.8 Å². The van der Waals surface area contributed by atoms with E-state index < -0.39 is 23.1 Å². The zero-order valence-corrected chi connectivity index (χ0v) is 14.4. The third-order valence-electron chi connectivity index (χ3n) is 3.57. The highest BCUT2D eigenvalue weighted by molar-refractivity contribution is 9.10. The molecule has 2 fully saturated rings. The number of hydrogen-bond acceptors (Lipinski definition) is 9. The summed E-state index contributed by atoms with van der Waals surface area (Å²) in [6, 6.07) is 3.54. The van der Waals surface area contributed by atoms with Crippen LogP contribution in [-0.4, -0.2) is 44.6 Å². The van der Waals surface area contributed by atoms with Crippen molar-refractivity contribution in [2.45, 2.75) is 25.6 Å². The molecule has 1 aromatic rings. The van der Waals surface area contributed by atoms with E-state index in [9.17, 15) is 19.7 Å². The highest BCUT2D eigenvalue weighted by Crippen LogP contribution is 2.29. The number of rotatable bonds is 3. The van der Waals surface area contributed by atoms with Crippen LogP contribution >= 0.6 is 15.9 Å². The first-order valence-electron chi connectivity index (χ1n) is 7.32. The molecule has 0 N–H and O–H groups in total. The van der Waals surface area contributed by atoms with Gasteiger partial charge in [0.1, 0.15) is 4.60 Å². The first kappa shape index (κ1) is 17.1. The van der Waals surface area contributed by atoms with Gasteiger partial charge in [-0.3, -0.25) is 14.9 Å². The summed E-state index contributed by atoms with van der Waals surface area (Å²) < 4.78 is 5.90. The molecule has 1 aromatic heterocycles. The average Bonchev–Trinajstić information content (AvgIpc) is 2.82. The van der Waals surface area contributed by atoms with E-state index in [2.05, 4.69) is 20.9 Å². The number of aromatic nitrogens is 1. The van der Waals surface area contributed by atoms with Gasteiger partial charge in [-0.1, -0.05) is 6.07 Å². The van der Waals surface area contributed by atoms with Gasteiger partial charge in [0.05, 0.1) is 24.3 Å². The van der Waals surface area contributed by atoms with Crippen LogP contribution in [0.3, 0.4) is 0 Å². The van der Waals surface area contributed by atoms with Gasteiger partial charge in [-0.05, 0) is 27.6 Å². The molecular formula is C14H13BrN4O6. The molecule has 0 amide bonds. The summed E-state index contributed by atoms with van der Waals surface area (Å²) in [5.41, 5.74) is 0.783. The SMILES string of the molecule is O=C1CCC(=O)ON2/C(=C\[N+](=O)[O-])N(Cc3ccc(Br)nc3)CC2O1. The van der Waals surface area contributed by atoms with Gasteiger partial charge in [-0.25, -0.2) is 9.78 Å². The number of nitro groups is 1. The first-order chi connectivity index (χ1) is 11.9. The number of ether oxygens (including phenoxy) is 1. The summed E-state index contributed by atoms with van der Waals surface area (Å²) in [5.74, 6) is -1.18.